The highest BCUT2D eigenvalue weighted by Crippen LogP contribution is 2.36. The van der Waals surface area contributed by atoms with Gasteiger partial charge in [-0.05, 0) is 43.2 Å². The van der Waals surface area contributed by atoms with E-state index in [1.54, 1.807) is 35.6 Å². The van der Waals surface area contributed by atoms with Crippen LogP contribution in [0.5, 0.6) is 5.75 Å². The summed E-state index contributed by atoms with van der Waals surface area (Å²) in [6.45, 7) is 1.70. The van der Waals surface area contributed by atoms with Crippen LogP contribution in [0.2, 0.25) is 0 Å². The van der Waals surface area contributed by atoms with E-state index >= 15 is 0 Å². The highest BCUT2D eigenvalue weighted by molar-refractivity contribution is 7.09. The van der Waals surface area contributed by atoms with E-state index in [2.05, 4.69) is 17.2 Å². The Labute approximate surface area is 177 Å². The van der Waals surface area contributed by atoms with E-state index < -0.39 is 11.7 Å². The van der Waals surface area contributed by atoms with Gasteiger partial charge in [0.1, 0.15) is 18.1 Å². The van der Waals surface area contributed by atoms with Crippen LogP contribution in [0, 0.1) is 5.82 Å². The van der Waals surface area contributed by atoms with Gasteiger partial charge in [-0.2, -0.15) is 0 Å². The van der Waals surface area contributed by atoms with Gasteiger partial charge in [-0.3, -0.25) is 14.5 Å². The van der Waals surface area contributed by atoms with Gasteiger partial charge >= 0.3 is 0 Å². The van der Waals surface area contributed by atoms with Gasteiger partial charge < -0.3 is 10.1 Å². The second-order valence-corrected chi connectivity index (χ2v) is 7.80. The van der Waals surface area contributed by atoms with E-state index in [9.17, 15) is 14.0 Å². The monoisotopic (exact) mass is 425 g/mol. The number of carbonyl (C=O) groups excluding carboxylic acids is 2. The maximum Gasteiger partial charge on any atom is 0.265 e. The molecule has 1 N–H and O–H groups in total. The highest BCUT2D eigenvalue weighted by atomic mass is 32.1. The summed E-state index contributed by atoms with van der Waals surface area (Å²) in [6, 6.07) is 11.4. The third kappa shape index (κ3) is 4.18. The average Bonchev–Trinajstić information content (AvgIpc) is 3.20. The number of amides is 2. The Morgan fingerprint density at radius 3 is 2.93 bits per heavy atom. The van der Waals surface area contributed by atoms with Crippen LogP contribution in [-0.4, -0.2) is 29.9 Å². The largest absolute Gasteiger partial charge is 0.482 e. The molecule has 8 heteroatoms. The number of fused-ring (bicyclic) bond motifs is 1. The second-order valence-electron chi connectivity index (χ2n) is 6.86. The maximum absolute atomic E-state index is 13.8. The molecule has 0 fully saturated rings. The number of para-hydroxylation sites is 1. The molecule has 1 aromatic heterocycles. The summed E-state index contributed by atoms with van der Waals surface area (Å²) in [7, 11) is 0. The standard InChI is InChI=1S/C22H20FN3O3S/c1-2-5-21-25-17(13-30-21)14-8-9-19-18(10-14)26(22(28)12-29-19)11-20(27)24-16-7-4-3-6-15(16)23/h3-4,6-10,13H,2,5,11-12H2,1H3,(H,24,27). The molecule has 30 heavy (non-hydrogen) atoms. The number of anilines is 2. The van der Waals surface area contributed by atoms with Gasteiger partial charge in [0.2, 0.25) is 5.91 Å². The summed E-state index contributed by atoms with van der Waals surface area (Å²) in [5, 5.41) is 5.55. The molecule has 4 rings (SSSR count). The van der Waals surface area contributed by atoms with Gasteiger partial charge in [0.15, 0.2) is 6.61 Å². The van der Waals surface area contributed by atoms with E-state index in [1.807, 2.05) is 11.4 Å². The molecule has 6 nitrogen and oxygen atoms in total. The van der Waals surface area contributed by atoms with Crippen molar-refractivity contribution < 1.29 is 18.7 Å². The van der Waals surface area contributed by atoms with Gasteiger partial charge in [-0.1, -0.05) is 19.1 Å². The number of rotatable bonds is 6. The van der Waals surface area contributed by atoms with Crippen molar-refractivity contribution >= 4 is 34.5 Å². The minimum absolute atomic E-state index is 0.0723. The number of nitrogens with one attached hydrogen (secondary N) is 1. The minimum atomic E-state index is -0.534. The van der Waals surface area contributed by atoms with Crippen molar-refractivity contribution in [2.75, 3.05) is 23.4 Å². The Hall–Kier alpha value is -3.26. The van der Waals surface area contributed by atoms with E-state index in [-0.39, 0.29) is 24.7 Å². The first-order valence-corrected chi connectivity index (χ1v) is 10.5. The number of aromatic nitrogens is 1. The normalized spacial score (nSPS) is 13.0. The quantitative estimate of drug-likeness (QED) is 0.640. The molecule has 2 amide bonds. The van der Waals surface area contributed by atoms with Crippen LogP contribution in [0.1, 0.15) is 18.4 Å². The van der Waals surface area contributed by atoms with Crippen LogP contribution >= 0.6 is 11.3 Å². The molecule has 2 aromatic carbocycles. The molecule has 0 spiro atoms. The lowest BCUT2D eigenvalue weighted by Gasteiger charge is -2.29. The third-order valence-electron chi connectivity index (χ3n) is 4.66. The number of ether oxygens (including phenoxy) is 1. The number of thiazole rings is 1. The average molecular weight is 425 g/mol. The Kier molecular flexibility index (Phi) is 5.76. The van der Waals surface area contributed by atoms with Crippen molar-refractivity contribution in [2.45, 2.75) is 19.8 Å². The number of aryl methyl sites for hydroxylation is 1. The SMILES string of the molecule is CCCc1nc(-c2ccc3c(c2)N(CC(=O)Nc2ccccc2F)C(=O)CO3)cs1. The van der Waals surface area contributed by atoms with Crippen molar-refractivity contribution in [3.8, 4) is 17.0 Å². The fraction of sp³-hybridized carbons (Fsp3) is 0.227. The summed E-state index contributed by atoms with van der Waals surface area (Å²) >= 11 is 1.60. The molecule has 0 saturated carbocycles. The number of carbonyl (C=O) groups is 2. The van der Waals surface area contributed by atoms with E-state index in [0.717, 1.165) is 29.1 Å². The van der Waals surface area contributed by atoms with E-state index in [0.29, 0.717) is 11.4 Å². The molecule has 0 bridgehead atoms. The van der Waals surface area contributed by atoms with Crippen LogP contribution in [0.4, 0.5) is 15.8 Å². The van der Waals surface area contributed by atoms with Gasteiger partial charge in [0, 0.05) is 10.9 Å². The molecular weight excluding hydrogens is 405 g/mol. The Bertz CT molecular complexity index is 1100. The zero-order valence-corrected chi connectivity index (χ0v) is 17.2. The Morgan fingerprint density at radius 2 is 2.13 bits per heavy atom. The molecular formula is C22H20FN3O3S. The fourth-order valence-electron chi connectivity index (χ4n) is 3.20. The summed E-state index contributed by atoms with van der Waals surface area (Å²) < 4.78 is 19.3. The van der Waals surface area contributed by atoms with Crippen molar-refractivity contribution in [2.24, 2.45) is 0 Å². The number of nitrogens with zero attached hydrogens (tertiary/aromatic N) is 2. The summed E-state index contributed by atoms with van der Waals surface area (Å²) in [4.78, 5) is 31.0. The van der Waals surface area contributed by atoms with E-state index in [1.165, 1.54) is 17.0 Å². The maximum atomic E-state index is 13.8. The highest BCUT2D eigenvalue weighted by Gasteiger charge is 2.28. The number of halogens is 1. The Morgan fingerprint density at radius 1 is 1.30 bits per heavy atom. The number of hydrogen-bond acceptors (Lipinski definition) is 5. The van der Waals surface area contributed by atoms with Gasteiger partial charge in [0.25, 0.3) is 5.91 Å². The molecule has 0 unspecified atom stereocenters. The predicted molar refractivity (Wildman–Crippen MR) is 114 cm³/mol. The topological polar surface area (TPSA) is 71.5 Å². The summed E-state index contributed by atoms with van der Waals surface area (Å²) in [5.74, 6) is -0.854. The lowest BCUT2D eigenvalue weighted by atomic mass is 10.1. The summed E-state index contributed by atoms with van der Waals surface area (Å²) in [5.41, 5.74) is 2.23. The number of benzene rings is 2. The second kappa shape index (κ2) is 8.62. The smallest absolute Gasteiger partial charge is 0.265 e. The van der Waals surface area contributed by atoms with E-state index in [4.69, 9.17) is 4.74 Å². The first-order valence-electron chi connectivity index (χ1n) is 9.61. The van der Waals surface area contributed by atoms with Crippen LogP contribution in [0.3, 0.4) is 0 Å². The molecule has 1 aliphatic rings. The zero-order chi connectivity index (χ0) is 21.1. The molecule has 154 valence electrons. The van der Waals surface area contributed by atoms with Crippen LogP contribution in [-0.2, 0) is 16.0 Å². The third-order valence-corrected chi connectivity index (χ3v) is 5.57. The number of hydrogen-bond donors (Lipinski definition) is 1. The van der Waals surface area contributed by atoms with Crippen LogP contribution < -0.4 is 15.0 Å². The van der Waals surface area contributed by atoms with Crippen LogP contribution in [0.15, 0.2) is 47.8 Å². The van der Waals surface area contributed by atoms with Crippen molar-refractivity contribution in [3.05, 3.63) is 58.7 Å². The molecule has 0 saturated heterocycles. The molecule has 0 atom stereocenters. The molecule has 3 aromatic rings. The van der Waals surface area contributed by atoms with Crippen molar-refractivity contribution in [1.82, 2.24) is 4.98 Å². The lowest BCUT2D eigenvalue weighted by Crippen LogP contribution is -2.43. The Balaban J connectivity index is 1.58. The molecule has 2 heterocycles. The minimum Gasteiger partial charge on any atom is -0.482 e. The van der Waals surface area contributed by atoms with Crippen LogP contribution in [0.25, 0.3) is 11.3 Å². The van der Waals surface area contributed by atoms with Gasteiger partial charge in [-0.15, -0.1) is 11.3 Å². The first-order chi connectivity index (χ1) is 14.5. The van der Waals surface area contributed by atoms with Crippen molar-refractivity contribution in [1.29, 1.82) is 0 Å². The van der Waals surface area contributed by atoms with Gasteiger partial charge in [0.05, 0.1) is 22.1 Å². The fourth-order valence-corrected chi connectivity index (χ4v) is 4.11. The lowest BCUT2D eigenvalue weighted by molar-refractivity contribution is -0.123. The summed E-state index contributed by atoms with van der Waals surface area (Å²) in [6.07, 6.45) is 1.93. The molecule has 0 radical (unpaired) electrons. The molecule has 1 aliphatic heterocycles. The first kappa shape index (κ1) is 20.0. The van der Waals surface area contributed by atoms with Gasteiger partial charge in [-0.25, -0.2) is 9.37 Å². The van der Waals surface area contributed by atoms with Crippen molar-refractivity contribution in [3.63, 3.8) is 0 Å². The molecule has 0 aliphatic carbocycles. The zero-order valence-electron chi connectivity index (χ0n) is 16.4. The predicted octanol–water partition coefficient (Wildman–Crippen LogP) is 4.27.